The molecule has 4 amide bonds. The summed E-state index contributed by atoms with van der Waals surface area (Å²) < 4.78 is 5.49. The number of rotatable bonds is 4. The van der Waals surface area contributed by atoms with Crippen molar-refractivity contribution in [2.45, 2.75) is 32.7 Å². The summed E-state index contributed by atoms with van der Waals surface area (Å²) in [7, 11) is 0. The summed E-state index contributed by atoms with van der Waals surface area (Å²) in [5, 5.41) is 10.4. The smallest absolute Gasteiger partial charge is 0.264 e. The number of fused-ring (bicyclic) bond motifs is 2. The zero-order valence-corrected chi connectivity index (χ0v) is 20.0. The van der Waals surface area contributed by atoms with Gasteiger partial charge in [-0.2, -0.15) is 0 Å². The van der Waals surface area contributed by atoms with Gasteiger partial charge in [-0.3, -0.25) is 34.4 Å². The van der Waals surface area contributed by atoms with Gasteiger partial charge in [0.05, 0.1) is 22.5 Å². The van der Waals surface area contributed by atoms with Crippen LogP contribution in [0.5, 0.6) is 0 Å². The molecule has 0 spiro atoms. The second-order valence-electron chi connectivity index (χ2n) is 9.15. The molecular weight excluding hydrogens is 474 g/mol. The van der Waals surface area contributed by atoms with Crippen molar-refractivity contribution >= 4 is 46.0 Å². The van der Waals surface area contributed by atoms with E-state index in [-0.39, 0.29) is 24.0 Å². The van der Waals surface area contributed by atoms with E-state index in [0.29, 0.717) is 22.7 Å². The predicted molar refractivity (Wildman–Crippen MR) is 133 cm³/mol. The van der Waals surface area contributed by atoms with Crippen molar-refractivity contribution in [3.8, 4) is 11.1 Å². The van der Waals surface area contributed by atoms with Gasteiger partial charge in [0.25, 0.3) is 11.8 Å². The largest absolute Gasteiger partial charge is 0.356 e. The molecule has 10 heteroatoms. The van der Waals surface area contributed by atoms with E-state index in [1.807, 2.05) is 38.1 Å². The average molecular weight is 495 g/mol. The van der Waals surface area contributed by atoms with E-state index < -0.39 is 29.7 Å². The van der Waals surface area contributed by atoms with Crippen molar-refractivity contribution in [2.24, 2.45) is 0 Å². The van der Waals surface area contributed by atoms with E-state index in [1.54, 1.807) is 24.4 Å². The van der Waals surface area contributed by atoms with Crippen LogP contribution in [0, 0.1) is 13.8 Å². The Kier molecular flexibility index (Phi) is 5.11. The van der Waals surface area contributed by atoms with Crippen LogP contribution in [0.15, 0.2) is 53.2 Å². The molecule has 2 N–H and O–H groups in total. The SMILES string of the molecule is Cc1cc(-c2cc3onc(C)c3cc2Nc2cccc3c2C(=O)N(C2CCC(=O)NC2=O)C3=O)ccn1. The number of imide groups is 2. The Balaban J connectivity index is 1.44. The number of amides is 4. The van der Waals surface area contributed by atoms with Gasteiger partial charge in [0, 0.05) is 34.9 Å². The molecule has 2 aromatic heterocycles. The number of piperidine rings is 1. The van der Waals surface area contributed by atoms with Crippen molar-refractivity contribution in [3.63, 3.8) is 0 Å². The van der Waals surface area contributed by atoms with Gasteiger partial charge in [-0.05, 0) is 62.2 Å². The molecule has 1 atom stereocenters. The molecule has 1 unspecified atom stereocenters. The van der Waals surface area contributed by atoms with Gasteiger partial charge in [-0.25, -0.2) is 0 Å². The summed E-state index contributed by atoms with van der Waals surface area (Å²) in [6.07, 6.45) is 1.86. The molecule has 37 heavy (non-hydrogen) atoms. The van der Waals surface area contributed by atoms with Crippen LogP contribution in [-0.2, 0) is 9.59 Å². The second-order valence-corrected chi connectivity index (χ2v) is 9.15. The van der Waals surface area contributed by atoms with Crippen molar-refractivity contribution in [2.75, 3.05) is 5.32 Å². The first-order valence-corrected chi connectivity index (χ1v) is 11.8. The first kappa shape index (κ1) is 22.6. The first-order valence-electron chi connectivity index (χ1n) is 11.8. The van der Waals surface area contributed by atoms with Crippen LogP contribution in [0.2, 0.25) is 0 Å². The first-order chi connectivity index (χ1) is 17.8. The minimum Gasteiger partial charge on any atom is -0.356 e. The number of nitrogens with zero attached hydrogens (tertiary/aromatic N) is 3. The maximum absolute atomic E-state index is 13.5. The third kappa shape index (κ3) is 3.65. The van der Waals surface area contributed by atoms with Crippen molar-refractivity contribution in [1.82, 2.24) is 20.4 Å². The zero-order chi connectivity index (χ0) is 25.8. The van der Waals surface area contributed by atoms with E-state index in [0.717, 1.165) is 27.1 Å². The zero-order valence-electron chi connectivity index (χ0n) is 20.0. The number of aromatic nitrogens is 2. The molecule has 4 heterocycles. The van der Waals surface area contributed by atoms with Crippen molar-refractivity contribution in [3.05, 3.63) is 71.2 Å². The molecule has 2 aromatic carbocycles. The van der Waals surface area contributed by atoms with E-state index in [4.69, 9.17) is 4.52 Å². The number of hydrogen-bond acceptors (Lipinski definition) is 8. The summed E-state index contributed by atoms with van der Waals surface area (Å²) in [6, 6.07) is 11.5. The Morgan fingerprint density at radius 3 is 2.62 bits per heavy atom. The van der Waals surface area contributed by atoms with E-state index >= 15 is 0 Å². The third-order valence-corrected chi connectivity index (χ3v) is 6.74. The van der Waals surface area contributed by atoms with Gasteiger partial charge < -0.3 is 9.84 Å². The van der Waals surface area contributed by atoms with Gasteiger partial charge in [-0.1, -0.05) is 11.2 Å². The van der Waals surface area contributed by atoms with Crippen LogP contribution < -0.4 is 10.6 Å². The minimum absolute atomic E-state index is 0.0573. The molecular formula is C27H21N5O5. The lowest BCUT2D eigenvalue weighted by Crippen LogP contribution is -2.54. The Hall–Kier alpha value is -4.86. The number of carbonyl (C=O) groups excluding carboxylic acids is 4. The lowest BCUT2D eigenvalue weighted by Gasteiger charge is -2.27. The molecule has 1 fully saturated rings. The number of carbonyl (C=O) groups is 4. The van der Waals surface area contributed by atoms with Crippen LogP contribution in [0.4, 0.5) is 11.4 Å². The van der Waals surface area contributed by atoms with E-state index in [2.05, 4.69) is 20.8 Å². The molecule has 0 radical (unpaired) electrons. The van der Waals surface area contributed by atoms with Crippen LogP contribution in [0.1, 0.15) is 44.9 Å². The molecule has 0 saturated carbocycles. The summed E-state index contributed by atoms with van der Waals surface area (Å²) >= 11 is 0. The highest BCUT2D eigenvalue weighted by atomic mass is 16.5. The number of hydrogen-bond donors (Lipinski definition) is 2. The normalized spacial score (nSPS) is 17.4. The summed E-state index contributed by atoms with van der Waals surface area (Å²) in [5.74, 6) is -2.21. The molecule has 184 valence electrons. The molecule has 4 aromatic rings. The quantitative estimate of drug-likeness (QED) is 0.410. The maximum Gasteiger partial charge on any atom is 0.264 e. The monoisotopic (exact) mass is 495 g/mol. The van der Waals surface area contributed by atoms with Crippen LogP contribution in [0.3, 0.4) is 0 Å². The Labute approximate surface area is 210 Å². The van der Waals surface area contributed by atoms with E-state index in [9.17, 15) is 19.2 Å². The average Bonchev–Trinajstić information content (AvgIpc) is 3.36. The summed E-state index contributed by atoms with van der Waals surface area (Å²) in [6.45, 7) is 3.73. The lowest BCUT2D eigenvalue weighted by atomic mass is 10.0. The fraction of sp³-hybridized carbons (Fsp3) is 0.185. The molecule has 10 nitrogen and oxygen atoms in total. The van der Waals surface area contributed by atoms with Gasteiger partial charge in [-0.15, -0.1) is 0 Å². The molecule has 1 saturated heterocycles. The topological polar surface area (TPSA) is 134 Å². The Morgan fingerprint density at radius 2 is 1.84 bits per heavy atom. The van der Waals surface area contributed by atoms with Crippen LogP contribution in [-0.4, -0.2) is 44.7 Å². The standard InChI is InChI=1S/C27H21N5O5/c1-13-10-15(8-9-28-13)18-12-22-17(14(2)31-37-22)11-20(18)29-19-5-3-4-16-24(19)27(36)32(26(16)35)21-6-7-23(33)30-25(21)34/h3-5,8-12,21,29H,6-7H2,1-2H3,(H,30,33,34). The third-order valence-electron chi connectivity index (χ3n) is 6.74. The highest BCUT2D eigenvalue weighted by Crippen LogP contribution is 2.39. The number of pyridine rings is 1. The van der Waals surface area contributed by atoms with Gasteiger partial charge >= 0.3 is 0 Å². The Bertz CT molecular complexity index is 1660. The summed E-state index contributed by atoms with van der Waals surface area (Å²) in [5.41, 5.74) is 5.31. The van der Waals surface area contributed by atoms with Crippen LogP contribution in [0.25, 0.3) is 22.1 Å². The van der Waals surface area contributed by atoms with E-state index in [1.165, 1.54) is 0 Å². The number of nitrogens with one attached hydrogen (secondary N) is 2. The van der Waals surface area contributed by atoms with Crippen molar-refractivity contribution in [1.29, 1.82) is 0 Å². The molecule has 0 bridgehead atoms. The number of benzene rings is 2. The van der Waals surface area contributed by atoms with Gasteiger partial charge in [0.15, 0.2) is 5.58 Å². The lowest BCUT2D eigenvalue weighted by molar-refractivity contribution is -0.136. The highest BCUT2D eigenvalue weighted by molar-refractivity contribution is 6.25. The Morgan fingerprint density at radius 1 is 1.00 bits per heavy atom. The maximum atomic E-state index is 13.5. The summed E-state index contributed by atoms with van der Waals surface area (Å²) in [4.78, 5) is 56.1. The van der Waals surface area contributed by atoms with Gasteiger partial charge in [0.1, 0.15) is 6.04 Å². The predicted octanol–water partition coefficient (Wildman–Crippen LogP) is 3.65. The minimum atomic E-state index is -1.04. The highest BCUT2D eigenvalue weighted by Gasteiger charge is 2.45. The number of aryl methyl sites for hydroxylation is 2. The molecule has 0 aliphatic carbocycles. The van der Waals surface area contributed by atoms with Crippen molar-refractivity contribution < 1.29 is 23.7 Å². The van der Waals surface area contributed by atoms with Gasteiger partial charge in [0.2, 0.25) is 11.8 Å². The fourth-order valence-electron chi connectivity index (χ4n) is 4.92. The number of anilines is 2. The fourth-order valence-corrected chi connectivity index (χ4v) is 4.92. The molecule has 2 aliphatic heterocycles. The molecule has 2 aliphatic rings. The molecule has 6 rings (SSSR count). The second kappa shape index (κ2) is 8.37. The van der Waals surface area contributed by atoms with Crippen LogP contribution >= 0.6 is 0 Å².